The highest BCUT2D eigenvalue weighted by Gasteiger charge is 2.23. The van der Waals surface area contributed by atoms with Crippen molar-refractivity contribution in [2.45, 2.75) is 25.9 Å². The van der Waals surface area contributed by atoms with Gasteiger partial charge in [-0.25, -0.2) is 9.78 Å². The average Bonchev–Trinajstić information content (AvgIpc) is 3.36. The second-order valence-corrected chi connectivity index (χ2v) is 7.88. The lowest BCUT2D eigenvalue weighted by Crippen LogP contribution is -3.08. The number of fused-ring (bicyclic) bond motifs is 2. The van der Waals surface area contributed by atoms with Gasteiger partial charge in [-0.05, 0) is 16.3 Å². The first-order valence-electron chi connectivity index (χ1n) is 10.1. The number of benzene rings is 2. The number of nitrogens with one attached hydrogen (secondary N) is 2. The predicted octanol–water partition coefficient (Wildman–Crippen LogP) is 0.804. The SMILES string of the molecule is Cn1c(=O)[nH]c(=O)c2c1nc(C[NH+]1CCCC1)n2Cc1cccc2ccccc12. The van der Waals surface area contributed by atoms with Gasteiger partial charge in [-0.15, -0.1) is 0 Å². The van der Waals surface area contributed by atoms with E-state index in [0.29, 0.717) is 17.7 Å². The first-order chi connectivity index (χ1) is 14.1. The molecule has 0 atom stereocenters. The fraction of sp³-hybridized carbons (Fsp3) is 0.318. The van der Waals surface area contributed by atoms with Crippen molar-refractivity contribution in [3.63, 3.8) is 0 Å². The Balaban J connectivity index is 1.71. The molecule has 0 unspecified atom stereocenters. The molecular formula is C22H24N5O2+. The minimum absolute atomic E-state index is 0.376. The average molecular weight is 390 g/mol. The van der Waals surface area contributed by atoms with E-state index in [4.69, 9.17) is 4.98 Å². The molecule has 4 aromatic rings. The molecule has 2 aromatic heterocycles. The van der Waals surface area contributed by atoms with Crippen LogP contribution in [-0.4, -0.2) is 32.2 Å². The van der Waals surface area contributed by atoms with E-state index in [1.807, 2.05) is 22.8 Å². The number of hydrogen-bond acceptors (Lipinski definition) is 3. The Morgan fingerprint density at radius 2 is 1.83 bits per heavy atom. The molecule has 1 saturated heterocycles. The lowest BCUT2D eigenvalue weighted by atomic mass is 10.0. The molecule has 29 heavy (non-hydrogen) atoms. The van der Waals surface area contributed by atoms with Gasteiger partial charge in [-0.2, -0.15) is 0 Å². The van der Waals surface area contributed by atoms with Crippen molar-refractivity contribution in [3.05, 3.63) is 74.7 Å². The van der Waals surface area contributed by atoms with E-state index < -0.39 is 5.69 Å². The molecule has 0 amide bonds. The number of likely N-dealkylation sites (tertiary alicyclic amines) is 1. The molecule has 148 valence electrons. The third-order valence-electron chi connectivity index (χ3n) is 6.01. The lowest BCUT2D eigenvalue weighted by molar-refractivity contribution is -0.902. The number of nitrogens with zero attached hydrogens (tertiary/aromatic N) is 3. The molecule has 7 nitrogen and oxygen atoms in total. The normalized spacial score (nSPS) is 14.9. The summed E-state index contributed by atoms with van der Waals surface area (Å²) in [6.45, 7) is 3.54. The molecule has 1 aliphatic heterocycles. The number of aromatic amines is 1. The Morgan fingerprint density at radius 1 is 1.07 bits per heavy atom. The summed E-state index contributed by atoms with van der Waals surface area (Å²) in [7, 11) is 1.66. The third kappa shape index (κ3) is 3.07. The first-order valence-corrected chi connectivity index (χ1v) is 10.1. The van der Waals surface area contributed by atoms with Crippen LogP contribution in [0.3, 0.4) is 0 Å². The van der Waals surface area contributed by atoms with Crippen LogP contribution >= 0.6 is 0 Å². The quantitative estimate of drug-likeness (QED) is 0.541. The second-order valence-electron chi connectivity index (χ2n) is 7.88. The fourth-order valence-corrected chi connectivity index (χ4v) is 4.46. The standard InChI is InChI=1S/C22H23N5O2/c1-25-20-19(21(28)24-22(25)29)27(18(23-20)14-26-11-4-5-12-26)13-16-9-6-8-15-7-2-3-10-17(15)16/h2-3,6-10H,4-5,11-14H2,1H3,(H,24,28,29)/p+1. The van der Waals surface area contributed by atoms with Crippen molar-refractivity contribution in [2.24, 2.45) is 7.05 Å². The van der Waals surface area contributed by atoms with Gasteiger partial charge in [0.1, 0.15) is 6.54 Å². The number of H-pyrrole nitrogens is 1. The molecule has 2 N–H and O–H groups in total. The van der Waals surface area contributed by atoms with Crippen LogP contribution < -0.4 is 16.1 Å². The maximum atomic E-state index is 12.7. The molecule has 0 radical (unpaired) electrons. The van der Waals surface area contributed by atoms with Gasteiger partial charge >= 0.3 is 5.69 Å². The zero-order chi connectivity index (χ0) is 20.0. The fourth-order valence-electron chi connectivity index (χ4n) is 4.46. The zero-order valence-electron chi connectivity index (χ0n) is 16.4. The highest BCUT2D eigenvalue weighted by Crippen LogP contribution is 2.21. The smallest absolute Gasteiger partial charge is 0.329 e. The summed E-state index contributed by atoms with van der Waals surface area (Å²) in [6.07, 6.45) is 2.44. The minimum atomic E-state index is -0.433. The summed E-state index contributed by atoms with van der Waals surface area (Å²) in [4.78, 5) is 33.5. The summed E-state index contributed by atoms with van der Waals surface area (Å²) < 4.78 is 3.43. The molecule has 5 rings (SSSR count). The van der Waals surface area contributed by atoms with Crippen LogP contribution in [0.25, 0.3) is 21.9 Å². The number of aromatic nitrogens is 4. The van der Waals surface area contributed by atoms with E-state index in [1.54, 1.807) is 7.05 Å². The molecular weight excluding hydrogens is 366 g/mol. The predicted molar refractivity (Wildman–Crippen MR) is 112 cm³/mol. The largest absolute Gasteiger partial charge is 0.329 e. The molecule has 3 heterocycles. The Kier molecular flexibility index (Phi) is 4.32. The third-order valence-corrected chi connectivity index (χ3v) is 6.01. The van der Waals surface area contributed by atoms with Gasteiger partial charge in [0.15, 0.2) is 17.0 Å². The van der Waals surface area contributed by atoms with Crippen LogP contribution in [0.1, 0.15) is 24.2 Å². The maximum absolute atomic E-state index is 12.7. The molecule has 0 aliphatic carbocycles. The van der Waals surface area contributed by atoms with Gasteiger partial charge in [0.2, 0.25) is 0 Å². The van der Waals surface area contributed by atoms with E-state index in [9.17, 15) is 9.59 Å². The number of hydrogen-bond donors (Lipinski definition) is 2. The topological polar surface area (TPSA) is 77.1 Å². The van der Waals surface area contributed by atoms with Crippen LogP contribution in [0.2, 0.25) is 0 Å². The summed E-state index contributed by atoms with van der Waals surface area (Å²) in [5, 5.41) is 2.33. The van der Waals surface area contributed by atoms with Crippen LogP contribution in [-0.2, 0) is 20.1 Å². The van der Waals surface area contributed by atoms with Crippen molar-refractivity contribution >= 4 is 21.9 Å². The number of quaternary nitrogens is 1. The number of aryl methyl sites for hydroxylation is 1. The van der Waals surface area contributed by atoms with E-state index in [1.165, 1.54) is 27.7 Å². The van der Waals surface area contributed by atoms with Crippen molar-refractivity contribution in [1.29, 1.82) is 0 Å². The van der Waals surface area contributed by atoms with Crippen LogP contribution in [0.5, 0.6) is 0 Å². The van der Waals surface area contributed by atoms with Crippen molar-refractivity contribution in [3.8, 4) is 0 Å². The maximum Gasteiger partial charge on any atom is 0.329 e. The molecule has 7 heteroatoms. The minimum Gasteiger partial charge on any atom is -0.329 e. The Morgan fingerprint density at radius 3 is 2.66 bits per heavy atom. The first kappa shape index (κ1) is 17.9. The molecule has 0 saturated carbocycles. The number of rotatable bonds is 4. The molecule has 1 aliphatic rings. The highest BCUT2D eigenvalue weighted by molar-refractivity contribution is 5.85. The van der Waals surface area contributed by atoms with Crippen molar-refractivity contribution in [1.82, 2.24) is 19.1 Å². The molecule has 0 spiro atoms. The molecule has 1 fully saturated rings. The number of imidazole rings is 1. The van der Waals surface area contributed by atoms with E-state index in [-0.39, 0.29) is 5.56 Å². The summed E-state index contributed by atoms with van der Waals surface area (Å²) in [5.74, 6) is 0.858. The van der Waals surface area contributed by atoms with Gasteiger partial charge in [0.25, 0.3) is 5.56 Å². The van der Waals surface area contributed by atoms with Gasteiger partial charge in [-0.3, -0.25) is 14.3 Å². The van der Waals surface area contributed by atoms with Gasteiger partial charge in [-0.1, -0.05) is 42.5 Å². The highest BCUT2D eigenvalue weighted by atomic mass is 16.2. The van der Waals surface area contributed by atoms with Gasteiger partial charge in [0, 0.05) is 19.9 Å². The summed E-state index contributed by atoms with van der Waals surface area (Å²) >= 11 is 0. The van der Waals surface area contributed by atoms with Crippen LogP contribution in [0.15, 0.2) is 52.1 Å². The van der Waals surface area contributed by atoms with Gasteiger partial charge in [0.05, 0.1) is 19.6 Å². The van der Waals surface area contributed by atoms with E-state index in [0.717, 1.165) is 36.4 Å². The Hall–Kier alpha value is -3.19. The van der Waals surface area contributed by atoms with E-state index >= 15 is 0 Å². The monoisotopic (exact) mass is 390 g/mol. The molecule has 2 aromatic carbocycles. The van der Waals surface area contributed by atoms with Crippen LogP contribution in [0, 0.1) is 0 Å². The summed E-state index contributed by atoms with van der Waals surface area (Å²) in [6, 6.07) is 14.5. The van der Waals surface area contributed by atoms with Crippen molar-refractivity contribution < 1.29 is 4.90 Å². The van der Waals surface area contributed by atoms with Gasteiger partial charge < -0.3 is 9.47 Å². The Labute approximate surface area is 167 Å². The zero-order valence-corrected chi connectivity index (χ0v) is 16.4. The second kappa shape index (κ2) is 7.00. The van der Waals surface area contributed by atoms with Crippen LogP contribution in [0.4, 0.5) is 0 Å². The van der Waals surface area contributed by atoms with Crippen molar-refractivity contribution in [2.75, 3.05) is 13.1 Å². The summed E-state index contributed by atoms with van der Waals surface area (Å²) in [5.41, 5.74) is 1.24. The van der Waals surface area contributed by atoms with E-state index in [2.05, 4.69) is 29.2 Å². The molecule has 0 bridgehead atoms. The lowest BCUT2D eigenvalue weighted by Gasteiger charge is -2.14. The Bertz CT molecular complexity index is 1320.